The molecule has 0 bridgehead atoms. The van der Waals surface area contributed by atoms with Crippen LogP contribution < -0.4 is 9.64 Å². The van der Waals surface area contributed by atoms with Crippen LogP contribution in [0.5, 0.6) is 5.75 Å². The van der Waals surface area contributed by atoms with E-state index in [2.05, 4.69) is 53.7 Å². The lowest BCUT2D eigenvalue weighted by Gasteiger charge is -2.34. The molecule has 1 unspecified atom stereocenters. The largest absolute Gasteiger partial charge is 0.493 e. The summed E-state index contributed by atoms with van der Waals surface area (Å²) in [6.07, 6.45) is 2.61. The van der Waals surface area contributed by atoms with Gasteiger partial charge in [-0.05, 0) is 48.7 Å². The van der Waals surface area contributed by atoms with Gasteiger partial charge < -0.3 is 9.64 Å². The number of para-hydroxylation sites is 2. The number of nitriles is 1. The van der Waals surface area contributed by atoms with Gasteiger partial charge in [-0.15, -0.1) is 0 Å². The van der Waals surface area contributed by atoms with E-state index in [0.717, 1.165) is 30.1 Å². The van der Waals surface area contributed by atoms with Crippen LogP contribution in [-0.2, 0) is 0 Å². The third-order valence-corrected chi connectivity index (χ3v) is 5.40. The minimum Gasteiger partial charge on any atom is -0.493 e. The molecule has 29 heavy (non-hydrogen) atoms. The highest BCUT2D eigenvalue weighted by Crippen LogP contribution is 2.37. The predicted molar refractivity (Wildman–Crippen MR) is 116 cm³/mol. The van der Waals surface area contributed by atoms with E-state index in [-0.39, 0.29) is 0 Å². The number of hydrogen-bond donors (Lipinski definition) is 0. The van der Waals surface area contributed by atoms with Crippen LogP contribution in [0.1, 0.15) is 34.7 Å². The average molecular weight is 381 g/mol. The second-order valence-corrected chi connectivity index (χ2v) is 7.26. The number of anilines is 1. The monoisotopic (exact) mass is 381 g/mol. The first-order valence-corrected chi connectivity index (χ1v) is 9.77. The first-order valence-electron chi connectivity index (χ1n) is 9.77. The number of aryl methyl sites for hydroxylation is 1. The van der Waals surface area contributed by atoms with E-state index in [1.807, 2.05) is 24.3 Å². The van der Waals surface area contributed by atoms with Crippen LogP contribution in [-0.4, -0.2) is 18.1 Å². The summed E-state index contributed by atoms with van der Waals surface area (Å²) in [6.45, 7) is 7.94. The van der Waals surface area contributed by atoms with Crippen molar-refractivity contribution in [2.45, 2.75) is 19.3 Å². The SMILES string of the molecule is C=C(c1cc(C#N)ccn1)N(CC1CCOc2ccccc21)c1ccccc1C. The standard InChI is InChI=1S/C25H23N3O/c1-18-7-3-5-9-24(18)28(19(2)23-15-20(16-26)11-13-27-23)17-21-12-14-29-25-10-6-4-8-22(21)25/h3-11,13,15,21H,2,12,14,17H2,1H3. The smallest absolute Gasteiger partial charge is 0.122 e. The minimum atomic E-state index is 0.315. The number of benzene rings is 2. The van der Waals surface area contributed by atoms with Gasteiger partial charge in [0.1, 0.15) is 5.75 Å². The van der Waals surface area contributed by atoms with Crippen LogP contribution in [0.4, 0.5) is 5.69 Å². The third kappa shape index (κ3) is 3.86. The zero-order valence-corrected chi connectivity index (χ0v) is 16.5. The van der Waals surface area contributed by atoms with Gasteiger partial charge in [-0.3, -0.25) is 4.98 Å². The summed E-state index contributed by atoms with van der Waals surface area (Å²) in [5.74, 6) is 1.28. The predicted octanol–water partition coefficient (Wildman–Crippen LogP) is 5.31. The summed E-state index contributed by atoms with van der Waals surface area (Å²) in [5.41, 5.74) is 5.59. The number of pyridine rings is 1. The molecule has 4 nitrogen and oxygen atoms in total. The summed E-state index contributed by atoms with van der Waals surface area (Å²) in [6, 6.07) is 22.2. The average Bonchev–Trinajstić information content (AvgIpc) is 2.78. The number of hydrogen-bond acceptors (Lipinski definition) is 4. The quantitative estimate of drug-likeness (QED) is 0.601. The molecule has 0 spiro atoms. The van der Waals surface area contributed by atoms with Gasteiger partial charge in [0.25, 0.3) is 0 Å². The van der Waals surface area contributed by atoms with Crippen LogP contribution in [0.3, 0.4) is 0 Å². The van der Waals surface area contributed by atoms with Crippen LogP contribution in [0.15, 0.2) is 73.4 Å². The minimum absolute atomic E-state index is 0.315. The van der Waals surface area contributed by atoms with Crippen molar-refractivity contribution in [1.29, 1.82) is 5.26 Å². The van der Waals surface area contributed by atoms with Crippen LogP contribution in [0.25, 0.3) is 5.70 Å². The maximum atomic E-state index is 9.28. The van der Waals surface area contributed by atoms with E-state index < -0.39 is 0 Å². The topological polar surface area (TPSA) is 49.2 Å². The van der Waals surface area contributed by atoms with E-state index in [1.54, 1.807) is 18.3 Å². The summed E-state index contributed by atoms with van der Waals surface area (Å²) >= 11 is 0. The maximum absolute atomic E-state index is 9.28. The van der Waals surface area contributed by atoms with Crippen LogP contribution >= 0.6 is 0 Å². The molecule has 1 aliphatic heterocycles. The Morgan fingerprint density at radius 1 is 1.21 bits per heavy atom. The Hall–Kier alpha value is -3.58. The summed E-state index contributed by atoms with van der Waals surface area (Å²) in [5, 5.41) is 9.28. The van der Waals surface area contributed by atoms with Gasteiger partial charge in [0.05, 0.1) is 29.6 Å². The van der Waals surface area contributed by atoms with Crippen LogP contribution in [0, 0.1) is 18.3 Å². The summed E-state index contributed by atoms with van der Waals surface area (Å²) in [7, 11) is 0. The second-order valence-electron chi connectivity index (χ2n) is 7.26. The number of ether oxygens (including phenoxy) is 1. The molecule has 0 saturated heterocycles. The van der Waals surface area contributed by atoms with Crippen molar-refractivity contribution in [2.75, 3.05) is 18.1 Å². The van der Waals surface area contributed by atoms with Crippen molar-refractivity contribution in [3.63, 3.8) is 0 Å². The first-order chi connectivity index (χ1) is 14.2. The lowest BCUT2D eigenvalue weighted by Crippen LogP contribution is -2.30. The zero-order chi connectivity index (χ0) is 20.2. The number of rotatable bonds is 5. The highest BCUT2D eigenvalue weighted by atomic mass is 16.5. The Morgan fingerprint density at radius 3 is 2.83 bits per heavy atom. The molecule has 2 aromatic carbocycles. The number of fused-ring (bicyclic) bond motifs is 1. The van der Waals surface area contributed by atoms with Crippen LogP contribution in [0.2, 0.25) is 0 Å². The normalized spacial score (nSPS) is 15.0. The van der Waals surface area contributed by atoms with E-state index in [0.29, 0.717) is 23.8 Å². The molecule has 4 heteroatoms. The van der Waals surface area contributed by atoms with Gasteiger partial charge in [-0.2, -0.15) is 5.26 Å². The lowest BCUT2D eigenvalue weighted by molar-refractivity contribution is 0.268. The summed E-state index contributed by atoms with van der Waals surface area (Å²) in [4.78, 5) is 6.71. The zero-order valence-electron chi connectivity index (χ0n) is 16.5. The van der Waals surface area contributed by atoms with Gasteiger partial charge in [0.15, 0.2) is 0 Å². The Labute approximate surface area is 171 Å². The molecular weight excluding hydrogens is 358 g/mol. The Balaban J connectivity index is 1.73. The number of nitrogens with zero attached hydrogens (tertiary/aromatic N) is 3. The molecule has 3 aromatic rings. The van der Waals surface area contributed by atoms with E-state index in [4.69, 9.17) is 4.74 Å². The van der Waals surface area contributed by atoms with Gasteiger partial charge in [0.2, 0.25) is 0 Å². The highest BCUT2D eigenvalue weighted by Gasteiger charge is 2.26. The van der Waals surface area contributed by atoms with Crippen molar-refractivity contribution in [2.24, 2.45) is 0 Å². The molecule has 0 N–H and O–H groups in total. The van der Waals surface area contributed by atoms with Crippen molar-refractivity contribution >= 4 is 11.4 Å². The third-order valence-electron chi connectivity index (χ3n) is 5.40. The highest BCUT2D eigenvalue weighted by molar-refractivity contribution is 5.78. The second kappa shape index (κ2) is 8.20. The summed E-state index contributed by atoms with van der Waals surface area (Å²) < 4.78 is 5.85. The molecule has 0 aliphatic carbocycles. The molecule has 1 atom stereocenters. The molecule has 1 aromatic heterocycles. The molecule has 0 radical (unpaired) electrons. The van der Waals surface area contributed by atoms with E-state index >= 15 is 0 Å². The van der Waals surface area contributed by atoms with Crippen molar-refractivity contribution < 1.29 is 4.74 Å². The lowest BCUT2D eigenvalue weighted by atomic mass is 9.92. The molecule has 0 saturated carbocycles. The molecule has 4 rings (SSSR count). The molecule has 0 fully saturated rings. The fourth-order valence-corrected chi connectivity index (χ4v) is 3.84. The molecule has 0 amide bonds. The fraction of sp³-hybridized carbons (Fsp3) is 0.200. The van der Waals surface area contributed by atoms with Gasteiger partial charge in [-0.1, -0.05) is 43.0 Å². The van der Waals surface area contributed by atoms with Gasteiger partial charge >= 0.3 is 0 Å². The molecule has 144 valence electrons. The Kier molecular flexibility index (Phi) is 5.31. The van der Waals surface area contributed by atoms with Gasteiger partial charge in [-0.25, -0.2) is 0 Å². The molecule has 2 heterocycles. The molecular formula is C25H23N3O. The molecule has 1 aliphatic rings. The fourth-order valence-electron chi connectivity index (χ4n) is 3.84. The Morgan fingerprint density at radius 2 is 2.00 bits per heavy atom. The number of aromatic nitrogens is 1. The Bertz CT molecular complexity index is 1080. The van der Waals surface area contributed by atoms with E-state index in [1.165, 1.54) is 11.1 Å². The maximum Gasteiger partial charge on any atom is 0.122 e. The van der Waals surface area contributed by atoms with Crippen molar-refractivity contribution in [1.82, 2.24) is 4.98 Å². The first kappa shape index (κ1) is 18.8. The van der Waals surface area contributed by atoms with Crippen molar-refractivity contribution in [3.05, 3.63) is 95.8 Å². The van der Waals surface area contributed by atoms with Crippen molar-refractivity contribution in [3.8, 4) is 11.8 Å². The van der Waals surface area contributed by atoms with Gasteiger partial charge in [0, 0.05) is 24.3 Å². The van der Waals surface area contributed by atoms with E-state index in [9.17, 15) is 5.26 Å².